The number of aryl methyl sites for hydroxylation is 4. The Balaban J connectivity index is 1.28. The normalized spacial score (nSPS) is 11.0. The van der Waals surface area contributed by atoms with Crippen molar-refractivity contribution < 1.29 is 9.47 Å². The van der Waals surface area contributed by atoms with E-state index in [1.807, 2.05) is 24.3 Å². The fourth-order valence-electron chi connectivity index (χ4n) is 5.74. The topological polar surface area (TPSA) is 24.9 Å². The number of nitrogens with zero attached hydrogens (tertiary/aromatic N) is 2. The lowest BCUT2D eigenvalue weighted by Gasteiger charge is -2.27. The lowest BCUT2D eigenvalue weighted by molar-refractivity contribution is -0.000956. The summed E-state index contributed by atoms with van der Waals surface area (Å²) in [4.78, 5) is 4.52. The van der Waals surface area contributed by atoms with E-state index < -0.39 is 6.29 Å². The molecule has 4 nitrogen and oxygen atoms in total. The van der Waals surface area contributed by atoms with Gasteiger partial charge in [0.15, 0.2) is 0 Å². The molecule has 242 valence electrons. The van der Waals surface area contributed by atoms with Gasteiger partial charge >= 0.3 is 0 Å². The van der Waals surface area contributed by atoms with E-state index in [2.05, 4.69) is 166 Å². The van der Waals surface area contributed by atoms with Gasteiger partial charge in [-0.3, -0.25) is 0 Å². The van der Waals surface area contributed by atoms with Crippen molar-refractivity contribution >= 4 is 34.1 Å². The Hall–Kier alpha value is -5.48. The van der Waals surface area contributed by atoms with Crippen molar-refractivity contribution in [2.24, 2.45) is 0 Å². The number of hydrogen-bond donors (Lipinski definition) is 0. The molecule has 0 aliphatic carbocycles. The fourth-order valence-corrected chi connectivity index (χ4v) is 5.74. The largest absolute Gasteiger partial charge is 0.455 e. The van der Waals surface area contributed by atoms with Crippen LogP contribution in [0.5, 0.6) is 11.5 Å². The van der Waals surface area contributed by atoms with Gasteiger partial charge < -0.3 is 19.3 Å². The van der Waals surface area contributed by atoms with E-state index in [1.54, 1.807) is 0 Å². The SMILES string of the molecule is CCCC(Oc1cccc(N(c2ccc(C)cc2)c2ccc(C)cc2)c1)Oc1cccc(N(c2ccc(C)cc2)c2ccc(C)cc2)c1. The third kappa shape index (κ3) is 7.90. The molecule has 0 saturated heterocycles. The molecule has 6 rings (SSSR count). The van der Waals surface area contributed by atoms with Crippen LogP contribution in [0.1, 0.15) is 42.0 Å². The molecule has 4 heteroatoms. The predicted molar refractivity (Wildman–Crippen MR) is 201 cm³/mol. The molecule has 0 unspecified atom stereocenters. The molecule has 0 aromatic heterocycles. The van der Waals surface area contributed by atoms with Crippen molar-refractivity contribution in [3.05, 3.63) is 168 Å². The Kier molecular flexibility index (Phi) is 10.1. The maximum atomic E-state index is 6.59. The van der Waals surface area contributed by atoms with E-state index in [4.69, 9.17) is 9.47 Å². The number of rotatable bonds is 12. The van der Waals surface area contributed by atoms with Gasteiger partial charge in [0.2, 0.25) is 6.29 Å². The molecule has 0 saturated carbocycles. The Morgan fingerprint density at radius 1 is 0.417 bits per heavy atom. The van der Waals surface area contributed by atoms with Gasteiger partial charge in [-0.1, -0.05) is 89.8 Å². The zero-order valence-electron chi connectivity index (χ0n) is 28.6. The molecule has 48 heavy (non-hydrogen) atoms. The molecule has 6 aromatic carbocycles. The van der Waals surface area contributed by atoms with Crippen LogP contribution in [0, 0.1) is 27.7 Å². The van der Waals surface area contributed by atoms with E-state index in [9.17, 15) is 0 Å². The second-order valence-electron chi connectivity index (χ2n) is 12.5. The van der Waals surface area contributed by atoms with Crippen molar-refractivity contribution in [2.75, 3.05) is 9.80 Å². The van der Waals surface area contributed by atoms with Gasteiger partial charge in [-0.2, -0.15) is 0 Å². The molecule has 0 radical (unpaired) electrons. The van der Waals surface area contributed by atoms with Gasteiger partial charge in [-0.15, -0.1) is 0 Å². The average molecular weight is 633 g/mol. The smallest absolute Gasteiger partial charge is 0.241 e. The van der Waals surface area contributed by atoms with Gasteiger partial charge in [0.1, 0.15) is 11.5 Å². The summed E-state index contributed by atoms with van der Waals surface area (Å²) in [6, 6.07) is 51.0. The molecule has 0 amide bonds. The lowest BCUT2D eigenvalue weighted by atomic mass is 10.1. The molecule has 0 heterocycles. The van der Waals surface area contributed by atoms with E-state index in [1.165, 1.54) is 22.3 Å². The molecule has 0 N–H and O–H groups in total. The maximum Gasteiger partial charge on any atom is 0.241 e. The van der Waals surface area contributed by atoms with Crippen LogP contribution in [0.2, 0.25) is 0 Å². The molecular weight excluding hydrogens is 588 g/mol. The minimum Gasteiger partial charge on any atom is -0.455 e. The standard InChI is InChI=1S/C44H44N2O2/c1-6-9-44(47-42-12-7-10-40(30-42)45(36-22-14-32(2)15-23-36)37-24-16-33(3)17-25-37)48-43-13-8-11-41(31-43)46(38-26-18-34(4)19-27-38)39-28-20-35(5)21-29-39/h7-8,10-31,44H,6,9H2,1-5H3. The van der Waals surface area contributed by atoms with Crippen LogP contribution < -0.4 is 19.3 Å². The van der Waals surface area contributed by atoms with Crippen LogP contribution in [0.4, 0.5) is 34.1 Å². The highest BCUT2D eigenvalue weighted by Crippen LogP contribution is 2.38. The zero-order valence-corrected chi connectivity index (χ0v) is 28.6. The second kappa shape index (κ2) is 15.0. The summed E-state index contributed by atoms with van der Waals surface area (Å²) < 4.78 is 13.2. The molecule has 6 aromatic rings. The van der Waals surface area contributed by atoms with Crippen LogP contribution in [-0.2, 0) is 0 Å². The van der Waals surface area contributed by atoms with E-state index >= 15 is 0 Å². The van der Waals surface area contributed by atoms with E-state index in [-0.39, 0.29) is 0 Å². The zero-order chi connectivity index (χ0) is 33.5. The van der Waals surface area contributed by atoms with Gasteiger partial charge in [0.25, 0.3) is 0 Å². The molecular formula is C44H44N2O2. The van der Waals surface area contributed by atoms with E-state index in [0.29, 0.717) is 0 Å². The Morgan fingerprint density at radius 2 is 0.729 bits per heavy atom. The summed E-state index contributed by atoms with van der Waals surface area (Å²) in [6.07, 6.45) is 1.20. The number of ether oxygens (including phenoxy) is 2. The van der Waals surface area contributed by atoms with Gasteiger partial charge in [-0.05, 0) is 107 Å². The van der Waals surface area contributed by atoms with E-state index in [0.717, 1.165) is 58.5 Å². The average Bonchev–Trinajstić information content (AvgIpc) is 3.09. The van der Waals surface area contributed by atoms with Gasteiger partial charge in [0.05, 0.1) is 0 Å². The third-order valence-electron chi connectivity index (χ3n) is 8.38. The van der Waals surface area contributed by atoms with Crippen LogP contribution in [-0.4, -0.2) is 6.29 Å². The summed E-state index contributed by atoms with van der Waals surface area (Å²) in [5.74, 6) is 1.51. The second-order valence-corrected chi connectivity index (χ2v) is 12.5. The van der Waals surface area contributed by atoms with Crippen molar-refractivity contribution in [1.82, 2.24) is 0 Å². The fraction of sp³-hybridized carbons (Fsp3) is 0.182. The highest BCUT2D eigenvalue weighted by atomic mass is 16.7. The number of benzene rings is 6. The van der Waals surface area contributed by atoms with Crippen molar-refractivity contribution in [2.45, 2.75) is 53.8 Å². The van der Waals surface area contributed by atoms with Crippen LogP contribution in [0.3, 0.4) is 0 Å². The first-order valence-electron chi connectivity index (χ1n) is 16.8. The predicted octanol–water partition coefficient (Wildman–Crippen LogP) is 12.4. The van der Waals surface area contributed by atoms with Crippen LogP contribution in [0.15, 0.2) is 146 Å². The minimum atomic E-state index is -0.458. The molecule has 0 fully saturated rings. The quantitative estimate of drug-likeness (QED) is 0.125. The van der Waals surface area contributed by atoms with Crippen LogP contribution >= 0.6 is 0 Å². The summed E-state index contributed by atoms with van der Waals surface area (Å²) in [5, 5.41) is 0. The molecule has 0 aliphatic heterocycles. The minimum absolute atomic E-state index is 0.458. The molecule has 0 spiro atoms. The monoisotopic (exact) mass is 632 g/mol. The highest BCUT2D eigenvalue weighted by molar-refractivity contribution is 5.78. The summed E-state index contributed by atoms with van der Waals surface area (Å²) in [5.41, 5.74) is 11.3. The molecule has 0 atom stereocenters. The van der Waals surface area contributed by atoms with Crippen molar-refractivity contribution in [3.8, 4) is 11.5 Å². The van der Waals surface area contributed by atoms with Crippen LogP contribution in [0.25, 0.3) is 0 Å². The first kappa shape index (κ1) is 32.5. The number of anilines is 6. The molecule has 0 bridgehead atoms. The Bertz CT molecular complexity index is 1680. The lowest BCUT2D eigenvalue weighted by Crippen LogP contribution is -2.24. The molecule has 0 aliphatic rings. The first-order valence-corrected chi connectivity index (χ1v) is 16.8. The summed E-state index contributed by atoms with van der Waals surface area (Å²) >= 11 is 0. The number of hydrogen-bond acceptors (Lipinski definition) is 4. The highest BCUT2D eigenvalue weighted by Gasteiger charge is 2.18. The maximum absolute atomic E-state index is 6.59. The van der Waals surface area contributed by atoms with Crippen molar-refractivity contribution in [3.63, 3.8) is 0 Å². The summed E-state index contributed by atoms with van der Waals surface area (Å²) in [7, 11) is 0. The Morgan fingerprint density at radius 3 is 1.02 bits per heavy atom. The van der Waals surface area contributed by atoms with Crippen molar-refractivity contribution in [1.29, 1.82) is 0 Å². The first-order chi connectivity index (χ1) is 23.4. The Labute approximate surface area is 285 Å². The third-order valence-corrected chi connectivity index (χ3v) is 8.38. The van der Waals surface area contributed by atoms with Gasteiger partial charge in [0, 0.05) is 52.7 Å². The summed E-state index contributed by atoms with van der Waals surface area (Å²) in [6.45, 7) is 10.6. The van der Waals surface area contributed by atoms with Gasteiger partial charge in [-0.25, -0.2) is 0 Å².